The number of nitrogens with one attached hydrogen (secondary N) is 1. The summed E-state index contributed by atoms with van der Waals surface area (Å²) in [6.45, 7) is 5.53. The number of hydrogen-bond acceptors (Lipinski definition) is 2. The zero-order chi connectivity index (χ0) is 13.4. The van der Waals surface area contributed by atoms with Gasteiger partial charge in [-0.1, -0.05) is 37.3 Å². The number of anilines is 1. The highest BCUT2D eigenvalue weighted by Crippen LogP contribution is 2.47. The van der Waals surface area contributed by atoms with Gasteiger partial charge in [-0.2, -0.15) is 0 Å². The van der Waals surface area contributed by atoms with Gasteiger partial charge in [-0.05, 0) is 26.3 Å². The number of rotatable bonds is 2. The quantitative estimate of drug-likeness (QED) is 0.787. The van der Waals surface area contributed by atoms with E-state index in [1.807, 2.05) is 37.3 Å². The topological polar surface area (TPSA) is 49.3 Å². The minimum atomic E-state index is -1.26. The molecule has 2 rings (SSSR count). The average molecular weight is 245 g/mol. The zero-order valence-electron chi connectivity index (χ0n) is 11.0. The highest BCUT2D eigenvalue weighted by molar-refractivity contribution is 5.99. The number of aliphatic hydroxyl groups is 1. The Kier molecular flexibility index (Phi) is 3.03. The first-order valence-corrected chi connectivity index (χ1v) is 6.24. The Labute approximate surface area is 108 Å². The minimum absolute atomic E-state index is 0.163. The lowest BCUT2D eigenvalue weighted by molar-refractivity contribution is -0.137. The summed E-state index contributed by atoms with van der Waals surface area (Å²) in [5, 5.41) is 13.9. The Morgan fingerprint density at radius 1 is 1.33 bits per heavy atom. The highest BCUT2D eigenvalue weighted by atomic mass is 16.3. The summed E-state index contributed by atoms with van der Waals surface area (Å²) < 4.78 is 0. The third-order valence-corrected chi connectivity index (χ3v) is 3.70. The predicted molar refractivity (Wildman–Crippen MR) is 72.2 cm³/mol. The smallest absolute Gasteiger partial charge is 0.233 e. The molecule has 0 aliphatic carbocycles. The average Bonchev–Trinajstić information content (AvgIpc) is 2.35. The normalized spacial score (nSPS) is 25.9. The molecule has 0 fully saturated rings. The van der Waals surface area contributed by atoms with E-state index in [1.54, 1.807) is 19.9 Å². The summed E-state index contributed by atoms with van der Waals surface area (Å²) in [6.07, 6.45) is 4.46. The number of carbonyl (C=O) groups is 1. The third-order valence-electron chi connectivity index (χ3n) is 3.70. The van der Waals surface area contributed by atoms with Crippen LogP contribution in [0.4, 0.5) is 5.69 Å². The fourth-order valence-electron chi connectivity index (χ4n) is 2.30. The monoisotopic (exact) mass is 245 g/mol. The van der Waals surface area contributed by atoms with E-state index >= 15 is 0 Å². The third kappa shape index (κ3) is 1.66. The minimum Gasteiger partial charge on any atom is -0.380 e. The number of hydrogen-bond donors (Lipinski definition) is 2. The van der Waals surface area contributed by atoms with Crippen LogP contribution in [0.3, 0.4) is 0 Å². The Morgan fingerprint density at radius 2 is 2.00 bits per heavy atom. The summed E-state index contributed by atoms with van der Waals surface area (Å²) in [5.41, 5.74) is -0.723. The van der Waals surface area contributed by atoms with Crippen LogP contribution in [0.2, 0.25) is 0 Å². The summed E-state index contributed by atoms with van der Waals surface area (Å²) in [4.78, 5) is 12.2. The van der Waals surface area contributed by atoms with Crippen molar-refractivity contribution in [3.05, 3.63) is 42.0 Å². The van der Waals surface area contributed by atoms with Gasteiger partial charge in [-0.3, -0.25) is 4.79 Å². The molecule has 1 aliphatic heterocycles. The number of amides is 1. The van der Waals surface area contributed by atoms with E-state index in [1.165, 1.54) is 0 Å². The van der Waals surface area contributed by atoms with Crippen molar-refractivity contribution in [1.29, 1.82) is 0 Å². The van der Waals surface area contributed by atoms with Gasteiger partial charge >= 0.3 is 0 Å². The molecule has 1 amide bonds. The van der Waals surface area contributed by atoms with Crippen LogP contribution >= 0.6 is 0 Å². The van der Waals surface area contributed by atoms with Gasteiger partial charge in [0.05, 0.1) is 5.41 Å². The molecule has 1 aromatic rings. The number of carbonyl (C=O) groups excluding carboxylic acids is 1. The first-order chi connectivity index (χ1) is 8.43. The number of benzene rings is 1. The van der Waals surface area contributed by atoms with Crippen LogP contribution in [0.5, 0.6) is 0 Å². The second-order valence-electron chi connectivity index (χ2n) is 5.20. The fraction of sp³-hybridized carbons (Fsp3) is 0.400. The van der Waals surface area contributed by atoms with Gasteiger partial charge < -0.3 is 10.4 Å². The van der Waals surface area contributed by atoms with Crippen molar-refractivity contribution in [2.45, 2.75) is 32.8 Å². The van der Waals surface area contributed by atoms with E-state index in [4.69, 9.17) is 0 Å². The first-order valence-electron chi connectivity index (χ1n) is 6.24. The van der Waals surface area contributed by atoms with Crippen LogP contribution in [0.1, 0.15) is 32.8 Å². The molecule has 1 aliphatic rings. The molecule has 2 N–H and O–H groups in total. The molecule has 1 aromatic carbocycles. The lowest BCUT2D eigenvalue weighted by Gasteiger charge is -2.44. The summed E-state index contributed by atoms with van der Waals surface area (Å²) >= 11 is 0. The predicted octanol–water partition coefficient (Wildman–Crippen LogP) is 2.82. The molecule has 3 heteroatoms. The van der Waals surface area contributed by atoms with E-state index in [-0.39, 0.29) is 5.91 Å². The molecule has 0 radical (unpaired) electrons. The van der Waals surface area contributed by atoms with Crippen LogP contribution in [-0.4, -0.2) is 11.0 Å². The van der Waals surface area contributed by atoms with Crippen LogP contribution in [-0.2, 0) is 10.4 Å². The van der Waals surface area contributed by atoms with Crippen molar-refractivity contribution < 1.29 is 9.90 Å². The second kappa shape index (κ2) is 4.25. The maximum atomic E-state index is 12.2. The second-order valence-corrected chi connectivity index (χ2v) is 5.20. The molecule has 0 saturated heterocycles. The molecule has 0 aromatic heterocycles. The van der Waals surface area contributed by atoms with Crippen LogP contribution < -0.4 is 5.32 Å². The molecule has 0 saturated carbocycles. The zero-order valence-corrected chi connectivity index (χ0v) is 11.0. The molecule has 3 nitrogen and oxygen atoms in total. The van der Waals surface area contributed by atoms with Crippen LogP contribution in [0, 0.1) is 5.41 Å². The molecule has 0 spiro atoms. The van der Waals surface area contributed by atoms with Gasteiger partial charge in [0.1, 0.15) is 5.60 Å². The van der Waals surface area contributed by atoms with Gasteiger partial charge in [0.15, 0.2) is 0 Å². The molecule has 1 unspecified atom stereocenters. The van der Waals surface area contributed by atoms with Crippen molar-refractivity contribution in [2.24, 2.45) is 5.41 Å². The molecule has 18 heavy (non-hydrogen) atoms. The fourth-order valence-corrected chi connectivity index (χ4v) is 2.30. The van der Waals surface area contributed by atoms with Crippen molar-refractivity contribution in [1.82, 2.24) is 0 Å². The van der Waals surface area contributed by atoms with Gasteiger partial charge in [-0.25, -0.2) is 0 Å². The van der Waals surface area contributed by atoms with E-state index in [9.17, 15) is 9.90 Å². The molecule has 0 bridgehead atoms. The Balaban J connectivity index is 2.65. The molecule has 1 heterocycles. The van der Waals surface area contributed by atoms with E-state index in [0.717, 1.165) is 12.0 Å². The lowest BCUT2D eigenvalue weighted by atomic mass is 9.67. The first kappa shape index (κ1) is 12.8. The molecular formula is C15H19NO2. The Hall–Kier alpha value is -1.61. The molecule has 96 valence electrons. The van der Waals surface area contributed by atoms with Gasteiger partial charge in [0.2, 0.25) is 5.91 Å². The number of allylic oxidation sites excluding steroid dienone is 1. The number of para-hydroxylation sites is 1. The lowest BCUT2D eigenvalue weighted by Crippen LogP contribution is -2.52. The van der Waals surface area contributed by atoms with Crippen LogP contribution in [0.15, 0.2) is 36.4 Å². The molecular weight excluding hydrogens is 226 g/mol. The molecule has 1 atom stereocenters. The van der Waals surface area contributed by atoms with Crippen molar-refractivity contribution in [3.63, 3.8) is 0 Å². The Bertz CT molecular complexity index is 505. The maximum absolute atomic E-state index is 12.2. The SMILES string of the molecule is CCC=CC1(O)c2ccccc2NC(=O)C1(C)C. The summed E-state index contributed by atoms with van der Waals surface area (Å²) in [6, 6.07) is 7.39. The Morgan fingerprint density at radius 3 is 2.67 bits per heavy atom. The van der Waals surface area contributed by atoms with Crippen molar-refractivity contribution in [2.75, 3.05) is 5.32 Å². The van der Waals surface area contributed by atoms with Gasteiger partial charge in [0, 0.05) is 11.3 Å². The van der Waals surface area contributed by atoms with Crippen molar-refractivity contribution in [3.8, 4) is 0 Å². The van der Waals surface area contributed by atoms with Crippen LogP contribution in [0.25, 0.3) is 0 Å². The van der Waals surface area contributed by atoms with Crippen molar-refractivity contribution >= 4 is 11.6 Å². The summed E-state index contributed by atoms with van der Waals surface area (Å²) in [5.74, 6) is -0.163. The summed E-state index contributed by atoms with van der Waals surface area (Å²) in [7, 11) is 0. The van der Waals surface area contributed by atoms with Gasteiger partial charge in [0.25, 0.3) is 0 Å². The van der Waals surface area contributed by atoms with E-state index in [2.05, 4.69) is 5.32 Å². The highest BCUT2D eigenvalue weighted by Gasteiger charge is 2.52. The maximum Gasteiger partial charge on any atom is 0.233 e. The van der Waals surface area contributed by atoms with E-state index in [0.29, 0.717) is 5.69 Å². The standard InChI is InChI=1S/C15H19NO2/c1-4-5-10-15(18)11-8-6-7-9-12(11)16-13(17)14(15,2)3/h5-10,18H,4H2,1-3H3,(H,16,17). The van der Waals surface area contributed by atoms with Gasteiger partial charge in [-0.15, -0.1) is 0 Å². The largest absolute Gasteiger partial charge is 0.380 e. The van der Waals surface area contributed by atoms with E-state index < -0.39 is 11.0 Å². The number of fused-ring (bicyclic) bond motifs is 1.